The quantitative estimate of drug-likeness (QED) is 0.792. The molecule has 0 spiro atoms. The van der Waals surface area contributed by atoms with Gasteiger partial charge in [0.1, 0.15) is 11.1 Å². The fraction of sp³-hybridized carbons (Fsp3) is 0.846. The highest BCUT2D eigenvalue weighted by Gasteiger charge is 2.45. The highest BCUT2D eigenvalue weighted by Crippen LogP contribution is 2.26. The normalized spacial score (nSPS) is 24.7. The molecule has 0 saturated carbocycles. The standard InChI is InChI=1S/C13H24N2O3/c1-9(2)13(7-6-8-14-10(13)16)15-11(17)18-12(3,4)5/h9H,6-8H2,1-5H3,(H,14,16)(H,15,17)/t13-/m1/s1. The Bertz CT molecular complexity index is 334. The first-order valence-electron chi connectivity index (χ1n) is 6.47. The van der Waals surface area contributed by atoms with Crippen molar-refractivity contribution in [3.63, 3.8) is 0 Å². The van der Waals surface area contributed by atoms with Crippen molar-refractivity contribution in [3.05, 3.63) is 0 Å². The van der Waals surface area contributed by atoms with Gasteiger partial charge < -0.3 is 15.4 Å². The van der Waals surface area contributed by atoms with Gasteiger partial charge in [0, 0.05) is 6.54 Å². The van der Waals surface area contributed by atoms with Gasteiger partial charge in [-0.05, 0) is 39.5 Å². The van der Waals surface area contributed by atoms with Crippen LogP contribution in [0.25, 0.3) is 0 Å². The highest BCUT2D eigenvalue weighted by molar-refractivity contribution is 5.90. The van der Waals surface area contributed by atoms with Crippen molar-refractivity contribution in [1.29, 1.82) is 0 Å². The summed E-state index contributed by atoms with van der Waals surface area (Å²) in [5.74, 6) is -0.0973. The zero-order valence-corrected chi connectivity index (χ0v) is 11.9. The van der Waals surface area contributed by atoms with E-state index in [2.05, 4.69) is 10.6 Å². The zero-order chi connectivity index (χ0) is 14.0. The van der Waals surface area contributed by atoms with E-state index in [0.29, 0.717) is 13.0 Å². The summed E-state index contributed by atoms with van der Waals surface area (Å²) in [7, 11) is 0. The van der Waals surface area contributed by atoms with E-state index in [1.54, 1.807) is 20.8 Å². The third-order valence-corrected chi connectivity index (χ3v) is 3.15. The average Bonchev–Trinajstić information content (AvgIpc) is 2.18. The molecule has 1 atom stereocenters. The second kappa shape index (κ2) is 5.16. The van der Waals surface area contributed by atoms with E-state index < -0.39 is 17.2 Å². The van der Waals surface area contributed by atoms with Crippen LogP contribution in [0.1, 0.15) is 47.5 Å². The molecule has 104 valence electrons. The molecule has 5 heteroatoms. The smallest absolute Gasteiger partial charge is 0.408 e. The first kappa shape index (κ1) is 14.8. The highest BCUT2D eigenvalue weighted by atomic mass is 16.6. The van der Waals surface area contributed by atoms with Gasteiger partial charge in [0.25, 0.3) is 0 Å². The Labute approximate surface area is 109 Å². The van der Waals surface area contributed by atoms with Crippen LogP contribution >= 0.6 is 0 Å². The van der Waals surface area contributed by atoms with Crippen LogP contribution in [-0.4, -0.2) is 29.7 Å². The molecule has 18 heavy (non-hydrogen) atoms. The molecule has 0 radical (unpaired) electrons. The van der Waals surface area contributed by atoms with E-state index in [9.17, 15) is 9.59 Å². The van der Waals surface area contributed by atoms with Crippen molar-refractivity contribution in [2.24, 2.45) is 5.92 Å². The lowest BCUT2D eigenvalue weighted by Crippen LogP contribution is -2.64. The summed E-state index contributed by atoms with van der Waals surface area (Å²) in [6.45, 7) is 9.94. The Hall–Kier alpha value is -1.26. The molecule has 0 aromatic heterocycles. The first-order chi connectivity index (χ1) is 8.17. The van der Waals surface area contributed by atoms with Crippen LogP contribution in [0, 0.1) is 5.92 Å². The van der Waals surface area contributed by atoms with Crippen LogP contribution < -0.4 is 10.6 Å². The van der Waals surface area contributed by atoms with Gasteiger partial charge in [-0.15, -0.1) is 0 Å². The molecule has 2 N–H and O–H groups in total. The summed E-state index contributed by atoms with van der Waals surface area (Å²) < 4.78 is 5.23. The first-order valence-corrected chi connectivity index (χ1v) is 6.47. The molecule has 0 aromatic rings. The largest absolute Gasteiger partial charge is 0.444 e. The maximum atomic E-state index is 12.1. The number of hydrogen-bond acceptors (Lipinski definition) is 3. The topological polar surface area (TPSA) is 67.4 Å². The predicted molar refractivity (Wildman–Crippen MR) is 69.2 cm³/mol. The van der Waals surface area contributed by atoms with Crippen LogP contribution in [0.4, 0.5) is 4.79 Å². The van der Waals surface area contributed by atoms with Crippen molar-refractivity contribution < 1.29 is 14.3 Å². The molecule has 1 rings (SSSR count). The van der Waals surface area contributed by atoms with Crippen LogP contribution in [0.3, 0.4) is 0 Å². The third kappa shape index (κ3) is 3.37. The van der Waals surface area contributed by atoms with E-state index in [1.807, 2.05) is 13.8 Å². The maximum Gasteiger partial charge on any atom is 0.408 e. The molecule has 0 bridgehead atoms. The lowest BCUT2D eigenvalue weighted by Gasteiger charge is -2.40. The number of carbonyl (C=O) groups excluding carboxylic acids is 2. The number of amides is 2. The molecule has 1 heterocycles. The monoisotopic (exact) mass is 256 g/mol. The molecule has 1 aliphatic rings. The van der Waals surface area contributed by atoms with Gasteiger partial charge in [0.2, 0.25) is 5.91 Å². The summed E-state index contributed by atoms with van der Waals surface area (Å²) in [6, 6.07) is 0. The second-order valence-corrected chi connectivity index (χ2v) is 6.11. The SMILES string of the molecule is CC(C)[C@]1(NC(=O)OC(C)(C)C)CCCNC1=O. The Kier molecular flexibility index (Phi) is 4.24. The van der Waals surface area contributed by atoms with Gasteiger partial charge in [0.15, 0.2) is 0 Å². The minimum absolute atomic E-state index is 0.0188. The minimum atomic E-state index is -0.847. The van der Waals surface area contributed by atoms with Gasteiger partial charge in [-0.3, -0.25) is 4.79 Å². The lowest BCUT2D eigenvalue weighted by atomic mass is 9.79. The third-order valence-electron chi connectivity index (χ3n) is 3.15. The van der Waals surface area contributed by atoms with Crippen LogP contribution in [0.5, 0.6) is 0 Å². The van der Waals surface area contributed by atoms with Crippen LogP contribution in [0.15, 0.2) is 0 Å². The summed E-state index contributed by atoms with van der Waals surface area (Å²) in [4.78, 5) is 23.9. The number of hydrogen-bond donors (Lipinski definition) is 2. The summed E-state index contributed by atoms with van der Waals surface area (Å²) in [5, 5.41) is 5.58. The summed E-state index contributed by atoms with van der Waals surface area (Å²) in [6.07, 6.45) is 0.975. The molecule has 5 nitrogen and oxygen atoms in total. The minimum Gasteiger partial charge on any atom is -0.444 e. The van der Waals surface area contributed by atoms with E-state index >= 15 is 0 Å². The van der Waals surface area contributed by atoms with E-state index in [4.69, 9.17) is 4.74 Å². The van der Waals surface area contributed by atoms with E-state index in [-0.39, 0.29) is 11.8 Å². The zero-order valence-electron chi connectivity index (χ0n) is 11.9. The van der Waals surface area contributed by atoms with Crippen molar-refractivity contribution in [2.45, 2.75) is 58.6 Å². The molecule has 1 aliphatic heterocycles. The van der Waals surface area contributed by atoms with Gasteiger partial charge >= 0.3 is 6.09 Å². The van der Waals surface area contributed by atoms with E-state index in [0.717, 1.165) is 6.42 Å². The predicted octanol–water partition coefficient (Wildman–Crippen LogP) is 1.82. The number of piperidine rings is 1. The number of ether oxygens (including phenoxy) is 1. The molecule has 0 aliphatic carbocycles. The van der Waals surface area contributed by atoms with Crippen molar-refractivity contribution in [3.8, 4) is 0 Å². The number of rotatable bonds is 2. The number of nitrogens with one attached hydrogen (secondary N) is 2. The average molecular weight is 256 g/mol. The lowest BCUT2D eigenvalue weighted by molar-refractivity contribution is -0.131. The Balaban J connectivity index is 2.80. The van der Waals surface area contributed by atoms with Crippen LogP contribution in [0.2, 0.25) is 0 Å². The molecule has 0 aromatic carbocycles. The molecular weight excluding hydrogens is 232 g/mol. The summed E-state index contributed by atoms with van der Waals surface area (Å²) >= 11 is 0. The van der Waals surface area contributed by atoms with Gasteiger partial charge in [-0.25, -0.2) is 4.79 Å². The Morgan fingerprint density at radius 3 is 2.50 bits per heavy atom. The van der Waals surface area contributed by atoms with Gasteiger partial charge in [-0.1, -0.05) is 13.8 Å². The molecule has 1 fully saturated rings. The number of alkyl carbamates (subject to hydrolysis) is 1. The van der Waals surface area contributed by atoms with Gasteiger partial charge in [-0.2, -0.15) is 0 Å². The van der Waals surface area contributed by atoms with Crippen LogP contribution in [-0.2, 0) is 9.53 Å². The Morgan fingerprint density at radius 1 is 1.44 bits per heavy atom. The molecule has 2 amide bonds. The number of carbonyl (C=O) groups is 2. The second-order valence-electron chi connectivity index (χ2n) is 6.11. The fourth-order valence-electron chi connectivity index (χ4n) is 2.14. The fourth-order valence-corrected chi connectivity index (χ4v) is 2.14. The maximum absolute atomic E-state index is 12.1. The van der Waals surface area contributed by atoms with Gasteiger partial charge in [0.05, 0.1) is 0 Å². The van der Waals surface area contributed by atoms with Crippen molar-refractivity contribution >= 4 is 12.0 Å². The van der Waals surface area contributed by atoms with E-state index in [1.165, 1.54) is 0 Å². The summed E-state index contributed by atoms with van der Waals surface area (Å²) in [5.41, 5.74) is -1.41. The molecular formula is C13H24N2O3. The molecule has 1 saturated heterocycles. The molecule has 0 unspecified atom stereocenters. The Morgan fingerprint density at radius 2 is 2.06 bits per heavy atom. The van der Waals surface area contributed by atoms with Crippen molar-refractivity contribution in [1.82, 2.24) is 10.6 Å². The van der Waals surface area contributed by atoms with Crippen molar-refractivity contribution in [2.75, 3.05) is 6.54 Å².